The van der Waals surface area contributed by atoms with Crippen LogP contribution in [0.15, 0.2) is 29.2 Å². The second-order valence-corrected chi connectivity index (χ2v) is 11.4. The zero-order valence-corrected chi connectivity index (χ0v) is 18.5. The Morgan fingerprint density at radius 3 is 2.41 bits per heavy atom. The predicted octanol–water partition coefficient (Wildman–Crippen LogP) is 3.94. The number of carbonyl (C=O) groups excluding carboxylic acids is 1. The van der Waals surface area contributed by atoms with Gasteiger partial charge in [0.15, 0.2) is 5.13 Å². The van der Waals surface area contributed by atoms with E-state index in [9.17, 15) is 13.2 Å². The lowest BCUT2D eigenvalue weighted by Gasteiger charge is -2.34. The lowest BCUT2D eigenvalue weighted by molar-refractivity contribution is 0.102. The zero-order valence-electron chi connectivity index (χ0n) is 16.8. The Morgan fingerprint density at radius 2 is 1.76 bits per heavy atom. The van der Waals surface area contributed by atoms with Crippen molar-refractivity contribution < 1.29 is 13.2 Å². The van der Waals surface area contributed by atoms with Gasteiger partial charge in [0.05, 0.1) is 10.6 Å². The molecule has 1 N–H and O–H groups in total. The zero-order chi connectivity index (χ0) is 20.6. The fraction of sp³-hybridized carbons (Fsp3) is 0.524. The molecule has 29 heavy (non-hydrogen) atoms. The molecule has 4 rings (SSSR count). The van der Waals surface area contributed by atoms with Crippen molar-refractivity contribution in [1.29, 1.82) is 0 Å². The topological polar surface area (TPSA) is 79.4 Å². The summed E-state index contributed by atoms with van der Waals surface area (Å²) in [4.78, 5) is 18.6. The molecule has 8 heteroatoms. The van der Waals surface area contributed by atoms with E-state index in [1.165, 1.54) is 34.8 Å². The summed E-state index contributed by atoms with van der Waals surface area (Å²) in [6, 6.07) is 6.21. The molecular formula is C21H27N3O3S2. The highest BCUT2D eigenvalue weighted by Crippen LogP contribution is 2.30. The van der Waals surface area contributed by atoms with Crippen molar-refractivity contribution in [3.8, 4) is 0 Å². The van der Waals surface area contributed by atoms with Crippen LogP contribution in [0.2, 0.25) is 0 Å². The summed E-state index contributed by atoms with van der Waals surface area (Å²) in [6.45, 7) is 5.26. The number of hydrogen-bond donors (Lipinski definition) is 1. The Hall–Kier alpha value is -1.77. The van der Waals surface area contributed by atoms with Crippen molar-refractivity contribution in [3.63, 3.8) is 0 Å². The van der Waals surface area contributed by atoms with Crippen molar-refractivity contribution in [3.05, 3.63) is 40.4 Å². The van der Waals surface area contributed by atoms with E-state index >= 15 is 0 Å². The second kappa shape index (κ2) is 8.16. The van der Waals surface area contributed by atoms with Crippen molar-refractivity contribution in [2.75, 3.05) is 18.4 Å². The maximum Gasteiger partial charge on any atom is 0.257 e. The summed E-state index contributed by atoms with van der Waals surface area (Å²) in [7, 11) is -3.54. The normalized spacial score (nSPS) is 22.8. The molecule has 0 unspecified atom stereocenters. The lowest BCUT2D eigenvalue weighted by Crippen LogP contribution is -2.42. The monoisotopic (exact) mass is 433 g/mol. The number of sulfonamides is 1. The first-order valence-electron chi connectivity index (χ1n) is 10.2. The third kappa shape index (κ3) is 4.39. The summed E-state index contributed by atoms with van der Waals surface area (Å²) in [5, 5.41) is 3.48. The number of aromatic nitrogens is 1. The first kappa shape index (κ1) is 20.5. The fourth-order valence-corrected chi connectivity index (χ4v) is 7.03. The number of rotatable bonds is 4. The van der Waals surface area contributed by atoms with E-state index in [1.54, 1.807) is 16.4 Å². The number of carbonyl (C=O) groups is 1. The van der Waals surface area contributed by atoms with E-state index in [0.717, 1.165) is 31.4 Å². The first-order valence-corrected chi connectivity index (χ1v) is 12.5. The summed E-state index contributed by atoms with van der Waals surface area (Å²) >= 11 is 1.54. The van der Waals surface area contributed by atoms with Gasteiger partial charge in [0.1, 0.15) is 0 Å². The van der Waals surface area contributed by atoms with Gasteiger partial charge >= 0.3 is 0 Å². The van der Waals surface area contributed by atoms with Crippen molar-refractivity contribution in [2.45, 2.75) is 50.8 Å². The molecule has 2 atom stereocenters. The van der Waals surface area contributed by atoms with Gasteiger partial charge in [0, 0.05) is 23.5 Å². The third-order valence-corrected chi connectivity index (χ3v) is 8.57. The highest BCUT2D eigenvalue weighted by Gasteiger charge is 2.31. The Bertz CT molecular complexity index is 965. The lowest BCUT2D eigenvalue weighted by atomic mass is 9.94. The minimum atomic E-state index is -3.54. The average molecular weight is 434 g/mol. The minimum Gasteiger partial charge on any atom is -0.298 e. The van der Waals surface area contributed by atoms with Crippen LogP contribution in [0.5, 0.6) is 0 Å². The highest BCUT2D eigenvalue weighted by atomic mass is 32.2. The maximum absolute atomic E-state index is 13.0. The first-order chi connectivity index (χ1) is 13.8. The average Bonchev–Trinajstić information content (AvgIpc) is 3.09. The predicted molar refractivity (Wildman–Crippen MR) is 115 cm³/mol. The number of thiazole rings is 1. The molecule has 1 amide bonds. The second-order valence-electron chi connectivity index (χ2n) is 8.34. The van der Waals surface area contributed by atoms with E-state index in [2.05, 4.69) is 24.1 Å². The number of hydrogen-bond acceptors (Lipinski definition) is 5. The summed E-state index contributed by atoms with van der Waals surface area (Å²) in [5.74, 6) is 0.436. The number of aryl methyl sites for hydroxylation is 2. The molecular weight excluding hydrogens is 406 g/mol. The summed E-state index contributed by atoms with van der Waals surface area (Å²) < 4.78 is 27.5. The molecule has 0 radical (unpaired) electrons. The van der Waals surface area contributed by atoms with E-state index in [-0.39, 0.29) is 10.8 Å². The van der Waals surface area contributed by atoms with Crippen LogP contribution in [-0.2, 0) is 22.9 Å². The van der Waals surface area contributed by atoms with Crippen LogP contribution in [0.25, 0.3) is 0 Å². The molecule has 156 valence electrons. The number of benzene rings is 1. The van der Waals surface area contributed by atoms with Crippen molar-refractivity contribution in [1.82, 2.24) is 9.29 Å². The number of nitrogens with one attached hydrogen (secondary N) is 1. The van der Waals surface area contributed by atoms with Crippen molar-refractivity contribution >= 4 is 32.4 Å². The quantitative estimate of drug-likeness (QED) is 0.792. The van der Waals surface area contributed by atoms with Gasteiger partial charge in [-0.1, -0.05) is 13.8 Å². The maximum atomic E-state index is 13.0. The van der Waals surface area contributed by atoms with Crippen LogP contribution in [0.1, 0.15) is 54.0 Å². The van der Waals surface area contributed by atoms with Crippen molar-refractivity contribution in [2.24, 2.45) is 11.8 Å². The van der Waals surface area contributed by atoms with Gasteiger partial charge in [-0.2, -0.15) is 4.31 Å². The van der Waals surface area contributed by atoms with E-state index in [1.807, 2.05) is 0 Å². The van der Waals surface area contributed by atoms with Crippen LogP contribution >= 0.6 is 11.3 Å². The SMILES string of the molecule is C[C@H]1C[C@H](C)CN(S(=O)(=O)c2ccc(C(=O)Nc3nc4c(s3)CCCC4)cc2)C1. The molecule has 1 aliphatic carbocycles. The van der Waals surface area contributed by atoms with E-state index in [4.69, 9.17) is 0 Å². The highest BCUT2D eigenvalue weighted by molar-refractivity contribution is 7.89. The molecule has 0 spiro atoms. The Labute approximate surface area is 176 Å². The van der Waals surface area contributed by atoms with Gasteiger partial charge in [-0.15, -0.1) is 11.3 Å². The van der Waals surface area contributed by atoms with Crippen LogP contribution in [0.3, 0.4) is 0 Å². The van der Waals surface area contributed by atoms with Crippen LogP contribution in [0.4, 0.5) is 5.13 Å². The molecule has 1 fully saturated rings. The summed E-state index contributed by atoms with van der Waals surface area (Å²) in [6.07, 6.45) is 5.37. The smallest absolute Gasteiger partial charge is 0.257 e. The molecule has 2 heterocycles. The molecule has 1 aromatic carbocycles. The molecule has 2 aromatic rings. The molecule has 0 saturated carbocycles. The van der Waals surface area contributed by atoms with E-state index in [0.29, 0.717) is 35.6 Å². The van der Waals surface area contributed by atoms with Gasteiger partial charge < -0.3 is 0 Å². The van der Waals surface area contributed by atoms with Crippen LogP contribution in [-0.4, -0.2) is 36.7 Å². The molecule has 0 bridgehead atoms. The third-order valence-electron chi connectivity index (χ3n) is 5.66. The Balaban J connectivity index is 1.47. The number of nitrogens with zero attached hydrogens (tertiary/aromatic N) is 2. The molecule has 1 saturated heterocycles. The van der Waals surface area contributed by atoms with Crippen LogP contribution < -0.4 is 5.32 Å². The van der Waals surface area contributed by atoms with Gasteiger partial charge in [-0.05, 0) is 68.2 Å². The van der Waals surface area contributed by atoms with Gasteiger partial charge in [0.25, 0.3) is 5.91 Å². The molecule has 2 aliphatic rings. The molecule has 1 aliphatic heterocycles. The largest absolute Gasteiger partial charge is 0.298 e. The number of fused-ring (bicyclic) bond motifs is 1. The number of amides is 1. The Kier molecular flexibility index (Phi) is 5.77. The minimum absolute atomic E-state index is 0.236. The van der Waals surface area contributed by atoms with E-state index < -0.39 is 10.0 Å². The van der Waals surface area contributed by atoms with Gasteiger partial charge in [-0.25, -0.2) is 13.4 Å². The molecule has 1 aromatic heterocycles. The van der Waals surface area contributed by atoms with Crippen LogP contribution in [0, 0.1) is 11.8 Å². The van der Waals surface area contributed by atoms with Gasteiger partial charge in [-0.3, -0.25) is 10.1 Å². The number of anilines is 1. The number of piperidine rings is 1. The van der Waals surface area contributed by atoms with Gasteiger partial charge in [0.2, 0.25) is 10.0 Å². The Morgan fingerprint density at radius 1 is 1.10 bits per heavy atom. The standard InChI is InChI=1S/C21H27N3O3S2/c1-14-11-15(2)13-24(12-14)29(26,27)17-9-7-16(8-10-17)20(25)23-21-22-18-5-3-4-6-19(18)28-21/h7-10,14-15H,3-6,11-13H2,1-2H3,(H,22,23,25)/t14-,15-/m0/s1. The fourth-order valence-electron chi connectivity index (χ4n) is 4.30. The summed E-state index contributed by atoms with van der Waals surface area (Å²) in [5.41, 5.74) is 1.53. The molecule has 6 nitrogen and oxygen atoms in total.